The van der Waals surface area contributed by atoms with E-state index in [9.17, 15) is 9.59 Å². The lowest BCUT2D eigenvalue weighted by molar-refractivity contribution is -0.134. The lowest BCUT2D eigenvalue weighted by Gasteiger charge is -2.55. The summed E-state index contributed by atoms with van der Waals surface area (Å²) in [4.78, 5) is 41.8. The summed E-state index contributed by atoms with van der Waals surface area (Å²) in [6, 6.07) is 0. The van der Waals surface area contributed by atoms with Gasteiger partial charge in [-0.2, -0.15) is 0 Å². The molecule has 0 radical (unpaired) electrons. The smallest absolute Gasteiger partial charge is 0.410 e. The lowest BCUT2D eigenvalue weighted by atomic mass is 9.74. The van der Waals surface area contributed by atoms with Gasteiger partial charge in [0, 0.05) is 63.6 Å². The fraction of sp³-hybridized carbons (Fsp3) is 0.812. The number of amides is 2. The molecule has 3 aliphatic heterocycles. The van der Waals surface area contributed by atoms with Gasteiger partial charge in [0.1, 0.15) is 11.9 Å². The van der Waals surface area contributed by atoms with Gasteiger partial charge in [-0.25, -0.2) is 14.8 Å². The fourth-order valence-corrected chi connectivity index (χ4v) is 7.97. The van der Waals surface area contributed by atoms with E-state index < -0.39 is 0 Å². The van der Waals surface area contributed by atoms with Crippen molar-refractivity contribution in [1.29, 1.82) is 0 Å². The van der Waals surface area contributed by atoms with Crippen LogP contribution in [-0.2, 0) is 4.74 Å². The zero-order valence-electron chi connectivity index (χ0n) is 25.4. The third-order valence-corrected chi connectivity index (χ3v) is 10.8. The monoisotopic (exact) mass is 553 g/mol. The SMILES string of the molecule is CCCC[C@H]1CN(CC2CCCCC2)C(=O)OC12CCN(C1(C)CCN(C(=O)c3c(C)ncnc3C)CC1)CC2. The summed E-state index contributed by atoms with van der Waals surface area (Å²) in [5.41, 5.74) is 1.90. The molecule has 1 saturated carbocycles. The first kappa shape index (κ1) is 29.3. The number of unbranched alkanes of at least 4 members (excludes halogenated alkanes) is 1. The van der Waals surface area contributed by atoms with Crippen LogP contribution in [0, 0.1) is 25.7 Å². The molecule has 222 valence electrons. The Morgan fingerprint density at radius 1 is 1.00 bits per heavy atom. The van der Waals surface area contributed by atoms with Crippen LogP contribution in [-0.4, -0.2) is 87.1 Å². The Balaban J connectivity index is 1.19. The molecule has 0 N–H and O–H groups in total. The Morgan fingerprint density at radius 3 is 2.27 bits per heavy atom. The van der Waals surface area contributed by atoms with Crippen LogP contribution in [0.3, 0.4) is 0 Å². The summed E-state index contributed by atoms with van der Waals surface area (Å²) in [5, 5.41) is 0. The normalized spacial score (nSPS) is 25.7. The molecule has 2 amide bonds. The Kier molecular flexibility index (Phi) is 9.03. The van der Waals surface area contributed by atoms with Gasteiger partial charge in [-0.05, 0) is 58.8 Å². The van der Waals surface area contributed by atoms with Crippen LogP contribution < -0.4 is 0 Å². The van der Waals surface area contributed by atoms with Crippen LogP contribution in [0.4, 0.5) is 4.79 Å². The van der Waals surface area contributed by atoms with Gasteiger partial charge in [0.05, 0.1) is 17.0 Å². The second kappa shape index (κ2) is 12.3. The van der Waals surface area contributed by atoms with Crippen molar-refractivity contribution >= 4 is 12.0 Å². The molecule has 1 aromatic heterocycles. The first-order valence-electron chi connectivity index (χ1n) is 16.0. The molecular formula is C32H51N5O3. The van der Waals surface area contributed by atoms with E-state index in [1.54, 1.807) is 0 Å². The van der Waals surface area contributed by atoms with Crippen LogP contribution in [0.2, 0.25) is 0 Å². The molecule has 1 atom stereocenters. The lowest BCUT2D eigenvalue weighted by Crippen LogP contribution is -2.63. The van der Waals surface area contributed by atoms with E-state index in [4.69, 9.17) is 4.74 Å². The van der Waals surface area contributed by atoms with Gasteiger partial charge in [0.25, 0.3) is 5.91 Å². The number of ether oxygens (including phenoxy) is 1. The number of piperidine rings is 2. The van der Waals surface area contributed by atoms with E-state index in [2.05, 4.69) is 33.6 Å². The molecular weight excluding hydrogens is 502 g/mol. The minimum atomic E-state index is -0.318. The predicted octanol–water partition coefficient (Wildman–Crippen LogP) is 5.76. The topological polar surface area (TPSA) is 78.9 Å². The molecule has 1 aliphatic carbocycles. The van der Waals surface area contributed by atoms with Crippen molar-refractivity contribution in [3.63, 3.8) is 0 Å². The first-order chi connectivity index (χ1) is 19.2. The highest BCUT2D eigenvalue weighted by molar-refractivity contribution is 5.96. The van der Waals surface area contributed by atoms with Crippen molar-refractivity contribution in [1.82, 2.24) is 24.7 Å². The largest absolute Gasteiger partial charge is 0.442 e. The van der Waals surface area contributed by atoms with Gasteiger partial charge < -0.3 is 14.5 Å². The quantitative estimate of drug-likeness (QED) is 0.427. The molecule has 0 aromatic carbocycles. The highest BCUT2D eigenvalue weighted by Crippen LogP contribution is 2.43. The van der Waals surface area contributed by atoms with Gasteiger partial charge in [-0.3, -0.25) is 9.69 Å². The number of nitrogens with zero attached hydrogens (tertiary/aromatic N) is 5. The van der Waals surface area contributed by atoms with E-state index in [0.717, 1.165) is 82.8 Å². The zero-order valence-corrected chi connectivity index (χ0v) is 25.4. The average Bonchev–Trinajstić information content (AvgIpc) is 2.95. The number of carbonyl (C=O) groups excluding carboxylic acids is 2. The number of hydrogen-bond acceptors (Lipinski definition) is 6. The van der Waals surface area contributed by atoms with Gasteiger partial charge in [0.2, 0.25) is 0 Å². The van der Waals surface area contributed by atoms with Gasteiger partial charge in [0.15, 0.2) is 0 Å². The number of likely N-dealkylation sites (tertiary alicyclic amines) is 2. The third kappa shape index (κ3) is 6.02. The zero-order chi connectivity index (χ0) is 28.3. The summed E-state index contributed by atoms with van der Waals surface area (Å²) >= 11 is 0. The molecule has 40 heavy (non-hydrogen) atoms. The summed E-state index contributed by atoms with van der Waals surface area (Å²) in [6.45, 7) is 13.5. The maximum absolute atomic E-state index is 13.3. The number of hydrogen-bond donors (Lipinski definition) is 0. The highest BCUT2D eigenvalue weighted by atomic mass is 16.6. The molecule has 8 heteroatoms. The van der Waals surface area contributed by atoms with Crippen LogP contribution >= 0.6 is 0 Å². The number of rotatable bonds is 7. The molecule has 4 fully saturated rings. The molecule has 1 aromatic rings. The van der Waals surface area contributed by atoms with Crippen molar-refractivity contribution in [3.05, 3.63) is 23.3 Å². The van der Waals surface area contributed by atoms with Crippen molar-refractivity contribution in [2.75, 3.05) is 39.3 Å². The van der Waals surface area contributed by atoms with Crippen LogP contribution in [0.15, 0.2) is 6.33 Å². The second-order valence-corrected chi connectivity index (χ2v) is 13.4. The van der Waals surface area contributed by atoms with Crippen LogP contribution in [0.1, 0.15) is 113 Å². The van der Waals surface area contributed by atoms with Crippen molar-refractivity contribution < 1.29 is 14.3 Å². The van der Waals surface area contributed by atoms with Gasteiger partial charge in [-0.15, -0.1) is 0 Å². The summed E-state index contributed by atoms with van der Waals surface area (Å²) in [5.74, 6) is 1.12. The summed E-state index contributed by atoms with van der Waals surface area (Å²) in [7, 11) is 0. The van der Waals surface area contributed by atoms with E-state index in [1.165, 1.54) is 51.3 Å². The maximum atomic E-state index is 13.3. The molecule has 8 nitrogen and oxygen atoms in total. The van der Waals surface area contributed by atoms with E-state index in [0.29, 0.717) is 17.4 Å². The number of aryl methyl sites for hydroxylation is 2. The minimum absolute atomic E-state index is 0.0558. The molecule has 1 spiro atoms. The Hall–Kier alpha value is -2.22. The standard InChI is InChI=1S/C32H51N5O3/c1-5-6-12-27-22-36(21-26-10-8-7-9-11-26)30(39)40-32(27)15-19-37(20-16-32)31(4)13-17-35(18-14-31)29(38)28-24(2)33-23-34-25(28)3/h23,26-27H,5-22H2,1-4H3/t27-/m0/s1. The van der Waals surface area contributed by atoms with E-state index >= 15 is 0 Å². The molecule has 0 bridgehead atoms. The van der Waals surface area contributed by atoms with Crippen LogP contribution in [0.25, 0.3) is 0 Å². The molecule has 4 aliphatic rings. The average molecular weight is 554 g/mol. The van der Waals surface area contributed by atoms with Crippen molar-refractivity contribution in [3.8, 4) is 0 Å². The van der Waals surface area contributed by atoms with Crippen molar-refractivity contribution in [2.24, 2.45) is 11.8 Å². The number of carbonyl (C=O) groups is 2. The summed E-state index contributed by atoms with van der Waals surface area (Å²) in [6.07, 6.45) is 15.2. The van der Waals surface area contributed by atoms with Crippen LogP contribution in [0.5, 0.6) is 0 Å². The molecule has 3 saturated heterocycles. The molecule has 0 unspecified atom stereocenters. The maximum Gasteiger partial charge on any atom is 0.410 e. The fourth-order valence-electron chi connectivity index (χ4n) is 7.97. The van der Waals surface area contributed by atoms with Gasteiger partial charge >= 0.3 is 6.09 Å². The minimum Gasteiger partial charge on any atom is -0.442 e. The summed E-state index contributed by atoms with van der Waals surface area (Å²) < 4.78 is 6.46. The van der Waals surface area contributed by atoms with Crippen molar-refractivity contribution in [2.45, 2.75) is 116 Å². The third-order valence-electron chi connectivity index (χ3n) is 10.8. The molecule has 5 rings (SSSR count). The van der Waals surface area contributed by atoms with E-state index in [1.807, 2.05) is 18.7 Å². The Bertz CT molecular complexity index is 1020. The molecule has 4 heterocycles. The first-order valence-corrected chi connectivity index (χ1v) is 16.0. The predicted molar refractivity (Wildman–Crippen MR) is 156 cm³/mol. The number of aromatic nitrogens is 2. The Morgan fingerprint density at radius 2 is 1.65 bits per heavy atom. The van der Waals surface area contributed by atoms with E-state index in [-0.39, 0.29) is 23.1 Å². The second-order valence-electron chi connectivity index (χ2n) is 13.4. The highest BCUT2D eigenvalue weighted by Gasteiger charge is 2.51. The Labute approximate surface area is 241 Å². The van der Waals surface area contributed by atoms with Gasteiger partial charge in [-0.1, -0.05) is 39.0 Å².